The predicted octanol–water partition coefficient (Wildman–Crippen LogP) is 6.13. The quantitative estimate of drug-likeness (QED) is 0.270. The van der Waals surface area contributed by atoms with Crippen LogP contribution >= 0.6 is 0 Å². The number of nitrogens with zero attached hydrogens (tertiary/aromatic N) is 1. The molecule has 0 saturated carbocycles. The first-order chi connectivity index (χ1) is 19.0. The lowest BCUT2D eigenvalue weighted by Crippen LogP contribution is -2.27. The maximum Gasteiger partial charge on any atom is 0.255 e. The number of carbonyl (C=O) groups excluding carboxylic acids is 1. The van der Waals surface area contributed by atoms with E-state index in [1.54, 1.807) is 14.2 Å². The maximum atomic E-state index is 13.3. The van der Waals surface area contributed by atoms with Gasteiger partial charge >= 0.3 is 0 Å². The number of fused-ring (bicyclic) bond motifs is 1. The third-order valence-electron chi connectivity index (χ3n) is 7.79. The van der Waals surface area contributed by atoms with Gasteiger partial charge in [-0.3, -0.25) is 4.79 Å². The predicted molar refractivity (Wildman–Crippen MR) is 157 cm³/mol. The van der Waals surface area contributed by atoms with Gasteiger partial charge in [-0.1, -0.05) is 38.1 Å². The van der Waals surface area contributed by atoms with Crippen molar-refractivity contribution in [1.29, 1.82) is 0 Å². The average Bonchev–Trinajstić information content (AvgIpc) is 2.98. The minimum absolute atomic E-state index is 0.118. The molecule has 0 fully saturated rings. The van der Waals surface area contributed by atoms with Crippen LogP contribution in [0.4, 0.5) is 5.69 Å². The smallest absolute Gasteiger partial charge is 0.255 e. The van der Waals surface area contributed by atoms with Crippen molar-refractivity contribution in [3.05, 3.63) is 88.5 Å². The summed E-state index contributed by atoms with van der Waals surface area (Å²) in [7, 11) is 3.36. The fraction of sp³-hybridized carbons (Fsp3) is 0.424. The van der Waals surface area contributed by atoms with E-state index in [1.807, 2.05) is 42.5 Å². The highest BCUT2D eigenvalue weighted by atomic mass is 16.5. The lowest BCUT2D eigenvalue weighted by atomic mass is 9.79. The second kappa shape index (κ2) is 14.2. The highest BCUT2D eigenvalue weighted by Crippen LogP contribution is 2.38. The Balaban J connectivity index is 1.39. The van der Waals surface area contributed by atoms with Crippen molar-refractivity contribution in [2.75, 3.05) is 52.4 Å². The van der Waals surface area contributed by atoms with Crippen molar-refractivity contribution < 1.29 is 19.0 Å². The molecule has 0 spiro atoms. The monoisotopic (exact) mass is 530 g/mol. The SMILES string of the molecule is CCN(CC)CCOCCc1ccc(C(=O)Nc2cc(OC)ccc2C2CCc3cc(OC)ccc3C2)cc1. The Morgan fingerprint density at radius 3 is 2.33 bits per heavy atom. The molecular weight excluding hydrogens is 488 g/mol. The van der Waals surface area contributed by atoms with E-state index in [4.69, 9.17) is 14.2 Å². The Kier molecular flexibility index (Phi) is 10.4. The van der Waals surface area contributed by atoms with Crippen molar-refractivity contribution in [3.8, 4) is 11.5 Å². The van der Waals surface area contributed by atoms with Crippen LogP contribution in [0.2, 0.25) is 0 Å². The molecule has 1 aliphatic rings. The van der Waals surface area contributed by atoms with Gasteiger partial charge in [-0.05, 0) is 97.3 Å². The number of rotatable bonds is 13. The lowest BCUT2D eigenvalue weighted by molar-refractivity contribution is 0.102. The highest BCUT2D eigenvalue weighted by molar-refractivity contribution is 6.04. The molecule has 208 valence electrons. The first-order valence-corrected chi connectivity index (χ1v) is 14.1. The largest absolute Gasteiger partial charge is 0.497 e. The standard InChI is InChI=1S/C33H42N2O4/c1-5-35(6-2)18-20-39-19-17-24-7-9-25(10-8-24)33(36)34-32-23-30(38-4)15-16-31(32)28-12-11-27-22-29(37-3)14-13-26(27)21-28/h7-10,13-16,22-23,28H,5-6,11-12,17-21H2,1-4H3,(H,34,36). The molecule has 1 unspecified atom stereocenters. The van der Waals surface area contributed by atoms with Crippen molar-refractivity contribution in [2.45, 2.75) is 45.4 Å². The molecule has 1 aliphatic carbocycles. The number of benzene rings is 3. The minimum atomic E-state index is -0.118. The molecule has 1 amide bonds. The number of likely N-dealkylation sites (N-methyl/N-ethyl adjacent to an activating group) is 1. The Labute approximate surface area is 233 Å². The van der Waals surface area contributed by atoms with Crippen molar-refractivity contribution >= 4 is 11.6 Å². The number of methoxy groups -OCH3 is 2. The van der Waals surface area contributed by atoms with Crippen LogP contribution in [0.3, 0.4) is 0 Å². The lowest BCUT2D eigenvalue weighted by Gasteiger charge is -2.27. The molecule has 4 rings (SSSR count). The Morgan fingerprint density at radius 1 is 0.897 bits per heavy atom. The molecule has 6 heteroatoms. The third kappa shape index (κ3) is 7.61. The summed E-state index contributed by atoms with van der Waals surface area (Å²) in [6.45, 7) is 8.81. The molecule has 0 saturated heterocycles. The van der Waals surface area contributed by atoms with Crippen molar-refractivity contribution in [3.63, 3.8) is 0 Å². The number of nitrogens with one attached hydrogen (secondary N) is 1. The van der Waals surface area contributed by atoms with Gasteiger partial charge in [0.2, 0.25) is 0 Å². The van der Waals surface area contributed by atoms with Crippen LogP contribution in [0.15, 0.2) is 60.7 Å². The first-order valence-electron chi connectivity index (χ1n) is 14.1. The van der Waals surface area contributed by atoms with E-state index in [1.165, 1.54) is 11.1 Å². The maximum absolute atomic E-state index is 13.3. The molecule has 1 atom stereocenters. The van der Waals surface area contributed by atoms with Crippen LogP contribution in [0.1, 0.15) is 58.8 Å². The molecule has 1 N–H and O–H groups in total. The minimum Gasteiger partial charge on any atom is -0.497 e. The van der Waals surface area contributed by atoms with Gasteiger partial charge in [0.15, 0.2) is 0 Å². The van der Waals surface area contributed by atoms with E-state index >= 15 is 0 Å². The number of aryl methyl sites for hydroxylation is 1. The number of amides is 1. The summed E-state index contributed by atoms with van der Waals surface area (Å²) in [5.41, 5.74) is 6.44. The molecule has 0 radical (unpaired) electrons. The summed E-state index contributed by atoms with van der Waals surface area (Å²) in [5.74, 6) is 1.83. The van der Waals surface area contributed by atoms with Gasteiger partial charge in [0.1, 0.15) is 11.5 Å². The molecular formula is C33H42N2O4. The van der Waals surface area contributed by atoms with Crippen LogP contribution in [0.5, 0.6) is 11.5 Å². The zero-order chi connectivity index (χ0) is 27.6. The molecule has 39 heavy (non-hydrogen) atoms. The van der Waals surface area contributed by atoms with Crippen LogP contribution < -0.4 is 14.8 Å². The highest BCUT2D eigenvalue weighted by Gasteiger charge is 2.24. The van der Waals surface area contributed by atoms with E-state index in [0.29, 0.717) is 18.1 Å². The fourth-order valence-corrected chi connectivity index (χ4v) is 5.29. The second-order valence-electron chi connectivity index (χ2n) is 10.1. The van der Waals surface area contributed by atoms with E-state index < -0.39 is 0 Å². The topological polar surface area (TPSA) is 60.0 Å². The van der Waals surface area contributed by atoms with E-state index in [2.05, 4.69) is 42.3 Å². The summed E-state index contributed by atoms with van der Waals surface area (Å²) in [6.07, 6.45) is 3.76. The van der Waals surface area contributed by atoms with Gasteiger partial charge in [0.05, 0.1) is 27.4 Å². The van der Waals surface area contributed by atoms with Gasteiger partial charge in [0, 0.05) is 23.9 Å². The molecule has 3 aromatic carbocycles. The summed E-state index contributed by atoms with van der Waals surface area (Å²) in [4.78, 5) is 15.6. The van der Waals surface area contributed by atoms with E-state index in [0.717, 1.165) is 80.2 Å². The molecule has 0 aliphatic heterocycles. The summed E-state index contributed by atoms with van der Waals surface area (Å²) >= 11 is 0. The normalized spacial score (nSPS) is 14.6. The van der Waals surface area contributed by atoms with Crippen molar-refractivity contribution in [2.24, 2.45) is 0 Å². The Bertz CT molecular complexity index is 1220. The summed E-state index contributed by atoms with van der Waals surface area (Å²) in [6, 6.07) is 20.2. The van der Waals surface area contributed by atoms with Gasteiger partial charge in [-0.2, -0.15) is 0 Å². The van der Waals surface area contributed by atoms with Crippen LogP contribution in [-0.2, 0) is 24.0 Å². The zero-order valence-corrected chi connectivity index (χ0v) is 23.8. The first kappa shape index (κ1) is 28.7. The van der Waals surface area contributed by atoms with Crippen LogP contribution in [-0.4, -0.2) is 57.9 Å². The Hall–Kier alpha value is -3.35. The van der Waals surface area contributed by atoms with Crippen molar-refractivity contribution in [1.82, 2.24) is 4.90 Å². The number of anilines is 1. The number of ether oxygens (including phenoxy) is 3. The second-order valence-corrected chi connectivity index (χ2v) is 10.1. The van der Waals surface area contributed by atoms with E-state index in [-0.39, 0.29) is 5.91 Å². The number of carbonyl (C=O) groups is 1. The van der Waals surface area contributed by atoms with Gasteiger partial charge in [0.25, 0.3) is 5.91 Å². The summed E-state index contributed by atoms with van der Waals surface area (Å²) < 4.78 is 16.7. The van der Waals surface area contributed by atoms with Crippen LogP contribution in [0.25, 0.3) is 0 Å². The molecule has 6 nitrogen and oxygen atoms in total. The van der Waals surface area contributed by atoms with Gasteiger partial charge < -0.3 is 24.4 Å². The molecule has 3 aromatic rings. The number of hydrogen-bond acceptors (Lipinski definition) is 5. The van der Waals surface area contributed by atoms with Gasteiger partial charge in [-0.15, -0.1) is 0 Å². The summed E-state index contributed by atoms with van der Waals surface area (Å²) in [5, 5.41) is 3.17. The molecule has 0 aromatic heterocycles. The zero-order valence-electron chi connectivity index (χ0n) is 23.8. The Morgan fingerprint density at radius 2 is 1.62 bits per heavy atom. The van der Waals surface area contributed by atoms with E-state index in [9.17, 15) is 4.79 Å². The number of hydrogen-bond donors (Lipinski definition) is 1. The third-order valence-corrected chi connectivity index (χ3v) is 7.79. The van der Waals surface area contributed by atoms with Crippen LogP contribution in [0, 0.1) is 0 Å². The molecule has 0 bridgehead atoms. The van der Waals surface area contributed by atoms with Gasteiger partial charge in [-0.25, -0.2) is 0 Å². The molecule has 0 heterocycles. The average molecular weight is 531 g/mol. The fourth-order valence-electron chi connectivity index (χ4n) is 5.29.